The third-order valence-electron chi connectivity index (χ3n) is 3.35. The molecule has 0 saturated heterocycles. The molecule has 0 spiro atoms. The van der Waals surface area contributed by atoms with Crippen molar-refractivity contribution in [2.45, 2.75) is 13.0 Å². The van der Waals surface area contributed by atoms with Crippen molar-refractivity contribution in [3.8, 4) is 0 Å². The number of aromatic nitrogens is 4. The Bertz CT molecular complexity index is 735. The van der Waals surface area contributed by atoms with Gasteiger partial charge in [0.1, 0.15) is 19.0 Å². The lowest BCUT2D eigenvalue weighted by molar-refractivity contribution is -0.138. The summed E-state index contributed by atoms with van der Waals surface area (Å²) < 4.78 is 6.85. The molecule has 0 bridgehead atoms. The van der Waals surface area contributed by atoms with Gasteiger partial charge < -0.3 is 10.1 Å². The van der Waals surface area contributed by atoms with Gasteiger partial charge in [-0.2, -0.15) is 10.1 Å². The van der Waals surface area contributed by atoms with E-state index in [1.165, 1.54) is 12.4 Å². The standard InChI is InChI=1S/C15H15N5O2/c1-3-7-22-14(21)12-10(2)19-15-17-9-18-20(15)13(12)11-5-4-6-16-8-11/h3-6,8-9,13H,1,7H2,2H3,(H,17,18,19)/t13-/m1/s1. The highest BCUT2D eigenvalue weighted by atomic mass is 16.5. The normalized spacial score (nSPS) is 16.7. The summed E-state index contributed by atoms with van der Waals surface area (Å²) in [6.07, 6.45) is 6.36. The van der Waals surface area contributed by atoms with E-state index < -0.39 is 12.0 Å². The Balaban J connectivity index is 2.08. The molecule has 0 aromatic carbocycles. The van der Waals surface area contributed by atoms with Gasteiger partial charge in [0, 0.05) is 18.1 Å². The number of nitrogens with one attached hydrogen (secondary N) is 1. The third-order valence-corrected chi connectivity index (χ3v) is 3.35. The SMILES string of the molecule is C=CCOC(=O)C1=C(C)Nc2ncnn2[C@@H]1c1cccnc1. The van der Waals surface area contributed by atoms with E-state index in [9.17, 15) is 4.79 Å². The van der Waals surface area contributed by atoms with E-state index in [0.29, 0.717) is 17.2 Å². The van der Waals surface area contributed by atoms with Crippen LogP contribution in [-0.4, -0.2) is 32.3 Å². The molecule has 3 heterocycles. The Morgan fingerprint density at radius 1 is 1.59 bits per heavy atom. The molecule has 7 heteroatoms. The van der Waals surface area contributed by atoms with Gasteiger partial charge in [-0.25, -0.2) is 9.48 Å². The molecule has 2 aromatic heterocycles. The first-order chi connectivity index (χ1) is 10.7. The lowest BCUT2D eigenvalue weighted by Crippen LogP contribution is -2.29. The minimum Gasteiger partial charge on any atom is -0.458 e. The van der Waals surface area contributed by atoms with Crippen LogP contribution in [0.15, 0.2) is 54.8 Å². The number of esters is 1. The molecule has 22 heavy (non-hydrogen) atoms. The third kappa shape index (κ3) is 2.37. The van der Waals surface area contributed by atoms with Crippen molar-refractivity contribution in [1.82, 2.24) is 19.7 Å². The fraction of sp³-hybridized carbons (Fsp3) is 0.200. The zero-order valence-electron chi connectivity index (χ0n) is 12.1. The molecule has 3 rings (SSSR count). The van der Waals surface area contributed by atoms with E-state index in [0.717, 1.165) is 5.56 Å². The Morgan fingerprint density at radius 3 is 3.18 bits per heavy atom. The first-order valence-electron chi connectivity index (χ1n) is 6.77. The lowest BCUT2D eigenvalue weighted by atomic mass is 9.97. The van der Waals surface area contributed by atoms with Gasteiger partial charge in [-0.15, -0.1) is 0 Å². The number of nitrogens with zero attached hydrogens (tertiary/aromatic N) is 4. The molecule has 1 N–H and O–H groups in total. The number of anilines is 1. The molecule has 1 aliphatic rings. The van der Waals surface area contributed by atoms with Crippen LogP contribution in [0.25, 0.3) is 0 Å². The summed E-state index contributed by atoms with van der Waals surface area (Å²) in [7, 11) is 0. The van der Waals surface area contributed by atoms with Crippen molar-refractivity contribution in [3.05, 3.63) is 60.3 Å². The van der Waals surface area contributed by atoms with Crippen LogP contribution in [0.4, 0.5) is 5.95 Å². The number of hydrogen-bond donors (Lipinski definition) is 1. The summed E-state index contributed by atoms with van der Waals surface area (Å²) in [6.45, 7) is 5.52. The number of fused-ring (bicyclic) bond motifs is 1. The molecule has 7 nitrogen and oxygen atoms in total. The largest absolute Gasteiger partial charge is 0.458 e. The van der Waals surface area contributed by atoms with Gasteiger partial charge in [-0.05, 0) is 18.6 Å². The zero-order chi connectivity index (χ0) is 15.5. The van der Waals surface area contributed by atoms with Gasteiger partial charge in [0.2, 0.25) is 5.95 Å². The molecule has 1 aliphatic heterocycles. The number of ether oxygens (including phenoxy) is 1. The maximum atomic E-state index is 12.4. The van der Waals surface area contributed by atoms with E-state index in [4.69, 9.17) is 4.74 Å². The fourth-order valence-corrected chi connectivity index (χ4v) is 2.41. The number of rotatable bonds is 4. The first kappa shape index (κ1) is 14.0. The van der Waals surface area contributed by atoms with E-state index in [1.54, 1.807) is 17.1 Å². The van der Waals surface area contributed by atoms with Crippen LogP contribution >= 0.6 is 0 Å². The second kappa shape index (κ2) is 5.80. The number of carbonyl (C=O) groups is 1. The molecule has 0 radical (unpaired) electrons. The Hall–Kier alpha value is -2.96. The summed E-state index contributed by atoms with van der Waals surface area (Å²) in [5.74, 6) is 0.159. The van der Waals surface area contributed by atoms with Crippen LogP contribution in [0.1, 0.15) is 18.5 Å². The second-order valence-electron chi connectivity index (χ2n) is 4.77. The number of pyridine rings is 1. The summed E-state index contributed by atoms with van der Waals surface area (Å²) in [5, 5.41) is 7.28. The van der Waals surface area contributed by atoms with E-state index in [2.05, 4.69) is 27.0 Å². The van der Waals surface area contributed by atoms with Gasteiger partial charge in [0.05, 0.1) is 5.57 Å². The smallest absolute Gasteiger partial charge is 0.338 e. The van der Waals surface area contributed by atoms with Crippen molar-refractivity contribution in [3.63, 3.8) is 0 Å². The highest BCUT2D eigenvalue weighted by Gasteiger charge is 2.34. The van der Waals surface area contributed by atoms with Crippen molar-refractivity contribution in [2.24, 2.45) is 0 Å². The van der Waals surface area contributed by atoms with Gasteiger partial charge >= 0.3 is 5.97 Å². The number of hydrogen-bond acceptors (Lipinski definition) is 6. The monoisotopic (exact) mass is 297 g/mol. The Morgan fingerprint density at radius 2 is 2.45 bits per heavy atom. The molecule has 0 fully saturated rings. The molecule has 0 saturated carbocycles. The summed E-state index contributed by atoms with van der Waals surface area (Å²) in [4.78, 5) is 20.7. The predicted molar refractivity (Wildman–Crippen MR) is 79.9 cm³/mol. The van der Waals surface area contributed by atoms with E-state index in [-0.39, 0.29) is 6.61 Å². The van der Waals surface area contributed by atoms with Gasteiger partial charge in [0.15, 0.2) is 0 Å². The van der Waals surface area contributed by atoms with Crippen LogP contribution in [0, 0.1) is 0 Å². The molecular formula is C15H15N5O2. The van der Waals surface area contributed by atoms with Crippen LogP contribution in [0.2, 0.25) is 0 Å². The fourth-order valence-electron chi connectivity index (χ4n) is 2.41. The highest BCUT2D eigenvalue weighted by Crippen LogP contribution is 2.34. The van der Waals surface area contributed by atoms with E-state index in [1.807, 2.05) is 19.1 Å². The highest BCUT2D eigenvalue weighted by molar-refractivity contribution is 5.92. The molecule has 0 aliphatic carbocycles. The average molecular weight is 297 g/mol. The van der Waals surface area contributed by atoms with Crippen molar-refractivity contribution in [1.29, 1.82) is 0 Å². The second-order valence-corrected chi connectivity index (χ2v) is 4.77. The average Bonchev–Trinajstić information content (AvgIpc) is 2.99. The molecule has 1 atom stereocenters. The minimum atomic E-state index is -0.426. The lowest BCUT2D eigenvalue weighted by Gasteiger charge is -2.27. The van der Waals surface area contributed by atoms with Crippen LogP contribution in [-0.2, 0) is 9.53 Å². The van der Waals surface area contributed by atoms with E-state index >= 15 is 0 Å². The number of carbonyl (C=O) groups excluding carboxylic acids is 1. The topological polar surface area (TPSA) is 81.9 Å². The zero-order valence-corrected chi connectivity index (χ0v) is 12.1. The van der Waals surface area contributed by atoms with Crippen molar-refractivity contribution in [2.75, 3.05) is 11.9 Å². The maximum absolute atomic E-state index is 12.4. The van der Waals surface area contributed by atoms with Crippen LogP contribution < -0.4 is 5.32 Å². The summed E-state index contributed by atoms with van der Waals surface area (Å²) in [5.41, 5.74) is 2.00. The van der Waals surface area contributed by atoms with Gasteiger partial charge in [-0.3, -0.25) is 4.98 Å². The number of allylic oxidation sites excluding steroid dienone is 1. The van der Waals surface area contributed by atoms with Gasteiger partial charge in [0.25, 0.3) is 0 Å². The quantitative estimate of drug-likeness (QED) is 0.683. The van der Waals surface area contributed by atoms with Gasteiger partial charge in [-0.1, -0.05) is 18.7 Å². The molecule has 0 amide bonds. The van der Waals surface area contributed by atoms with Crippen molar-refractivity contribution >= 4 is 11.9 Å². The van der Waals surface area contributed by atoms with Crippen LogP contribution in [0.3, 0.4) is 0 Å². The molecular weight excluding hydrogens is 282 g/mol. The maximum Gasteiger partial charge on any atom is 0.338 e. The molecule has 2 aromatic rings. The summed E-state index contributed by atoms with van der Waals surface area (Å²) >= 11 is 0. The summed E-state index contributed by atoms with van der Waals surface area (Å²) in [6, 6.07) is 3.28. The molecule has 112 valence electrons. The Labute approximate surface area is 127 Å². The first-order valence-corrected chi connectivity index (χ1v) is 6.77. The molecule has 0 unspecified atom stereocenters. The predicted octanol–water partition coefficient (Wildman–Crippen LogP) is 1.69. The minimum absolute atomic E-state index is 0.152. The Kier molecular flexibility index (Phi) is 3.69. The van der Waals surface area contributed by atoms with Crippen LogP contribution in [0.5, 0.6) is 0 Å². The van der Waals surface area contributed by atoms with Crippen molar-refractivity contribution < 1.29 is 9.53 Å².